The van der Waals surface area contributed by atoms with Gasteiger partial charge >= 0.3 is 0 Å². The van der Waals surface area contributed by atoms with Gasteiger partial charge in [-0.15, -0.1) is 0 Å². The summed E-state index contributed by atoms with van der Waals surface area (Å²) in [5.41, 5.74) is 1.54. The molecule has 26 heavy (non-hydrogen) atoms. The molecule has 9 nitrogen and oxygen atoms in total. The molecule has 0 aliphatic carbocycles. The van der Waals surface area contributed by atoms with Gasteiger partial charge in [0.05, 0.1) is 27.5 Å². The van der Waals surface area contributed by atoms with Gasteiger partial charge in [-0.3, -0.25) is 0 Å². The van der Waals surface area contributed by atoms with Crippen LogP contribution in [0.3, 0.4) is 0 Å². The number of benzene rings is 2. The van der Waals surface area contributed by atoms with Crippen LogP contribution < -0.4 is 19.5 Å². The predicted molar refractivity (Wildman–Crippen MR) is 96.6 cm³/mol. The third-order valence-corrected chi connectivity index (χ3v) is 3.53. The monoisotopic (exact) mass is 354 g/mol. The first-order chi connectivity index (χ1) is 12.7. The maximum absolute atomic E-state index is 5.38. The van der Waals surface area contributed by atoms with Crippen LogP contribution in [0.2, 0.25) is 0 Å². The number of nitrogens with one attached hydrogen (secondary N) is 1. The topological polar surface area (TPSA) is 95.7 Å². The van der Waals surface area contributed by atoms with Crippen molar-refractivity contribution in [2.45, 2.75) is 0 Å². The summed E-state index contributed by atoms with van der Waals surface area (Å²) in [6.07, 6.45) is 1.58. The van der Waals surface area contributed by atoms with E-state index in [1.165, 1.54) is 4.79 Å². The van der Waals surface area contributed by atoms with E-state index in [0.29, 0.717) is 28.8 Å². The summed E-state index contributed by atoms with van der Waals surface area (Å²) in [7, 11) is 4.69. The number of hydrogen-bond donors (Lipinski definition) is 1. The molecule has 0 radical (unpaired) electrons. The van der Waals surface area contributed by atoms with Gasteiger partial charge in [0, 0.05) is 17.3 Å². The number of nitrogens with zero attached hydrogens (tertiary/aromatic N) is 5. The smallest absolute Gasteiger partial charge is 0.269 e. The highest BCUT2D eigenvalue weighted by Crippen LogP contribution is 2.33. The van der Waals surface area contributed by atoms with Gasteiger partial charge in [-0.25, -0.2) is 0 Å². The van der Waals surface area contributed by atoms with E-state index < -0.39 is 0 Å². The summed E-state index contributed by atoms with van der Waals surface area (Å²) in [5, 5.41) is 18.8. The van der Waals surface area contributed by atoms with Crippen LogP contribution >= 0.6 is 0 Å². The van der Waals surface area contributed by atoms with Crippen LogP contribution in [0.5, 0.6) is 17.2 Å². The molecular formula is C17H18N6O3. The summed E-state index contributed by atoms with van der Waals surface area (Å²) < 4.78 is 16.0. The molecule has 3 rings (SSSR count). The number of hydrogen-bond acceptors (Lipinski definition) is 8. The molecule has 0 amide bonds. The summed E-state index contributed by atoms with van der Waals surface area (Å²) >= 11 is 0. The lowest BCUT2D eigenvalue weighted by molar-refractivity contribution is 0.349. The number of anilines is 2. The molecule has 0 saturated heterocycles. The average Bonchev–Trinajstić information content (AvgIpc) is 3.13. The Morgan fingerprint density at radius 1 is 0.962 bits per heavy atom. The number of tetrazole rings is 1. The SMILES string of the molecule is COc1cc(OC)c(OC)cc1/C=N/n1nnnc1Nc1ccccc1. The summed E-state index contributed by atoms with van der Waals surface area (Å²) in [4.78, 5) is 1.28. The number of aromatic nitrogens is 4. The summed E-state index contributed by atoms with van der Waals surface area (Å²) in [6.45, 7) is 0. The molecule has 2 aromatic carbocycles. The first-order valence-electron chi connectivity index (χ1n) is 7.70. The van der Waals surface area contributed by atoms with Gasteiger partial charge in [0.1, 0.15) is 5.75 Å². The highest BCUT2D eigenvalue weighted by Gasteiger charge is 2.11. The lowest BCUT2D eigenvalue weighted by atomic mass is 10.2. The van der Waals surface area contributed by atoms with Crippen LogP contribution in [-0.2, 0) is 0 Å². The first kappa shape index (κ1) is 17.2. The third-order valence-electron chi connectivity index (χ3n) is 3.53. The largest absolute Gasteiger partial charge is 0.496 e. The Labute approximate surface area is 150 Å². The van der Waals surface area contributed by atoms with Crippen molar-refractivity contribution >= 4 is 17.9 Å². The maximum Gasteiger partial charge on any atom is 0.269 e. The minimum Gasteiger partial charge on any atom is -0.496 e. The molecule has 1 aromatic heterocycles. The van der Waals surface area contributed by atoms with E-state index in [4.69, 9.17) is 14.2 Å². The van der Waals surface area contributed by atoms with Crippen molar-refractivity contribution in [3.63, 3.8) is 0 Å². The van der Waals surface area contributed by atoms with Gasteiger partial charge in [-0.1, -0.05) is 28.1 Å². The predicted octanol–water partition coefficient (Wildman–Crippen LogP) is 2.32. The van der Waals surface area contributed by atoms with E-state index >= 15 is 0 Å². The highest BCUT2D eigenvalue weighted by atomic mass is 16.5. The molecule has 0 aliphatic rings. The molecular weight excluding hydrogens is 336 g/mol. The number of rotatable bonds is 7. The fraction of sp³-hybridized carbons (Fsp3) is 0.176. The molecule has 0 bridgehead atoms. The fourth-order valence-electron chi connectivity index (χ4n) is 2.26. The van der Waals surface area contributed by atoms with E-state index in [1.54, 1.807) is 39.7 Å². The van der Waals surface area contributed by atoms with Crippen molar-refractivity contribution in [3.05, 3.63) is 48.0 Å². The van der Waals surface area contributed by atoms with Crippen LogP contribution in [0.15, 0.2) is 47.6 Å². The Morgan fingerprint density at radius 2 is 1.65 bits per heavy atom. The lowest BCUT2D eigenvalue weighted by Crippen LogP contribution is -2.02. The zero-order valence-electron chi connectivity index (χ0n) is 14.6. The normalized spacial score (nSPS) is 10.7. The number of ether oxygens (including phenoxy) is 3. The van der Waals surface area contributed by atoms with Gasteiger partial charge in [0.2, 0.25) is 0 Å². The molecule has 9 heteroatoms. The van der Waals surface area contributed by atoms with E-state index in [1.807, 2.05) is 30.3 Å². The van der Waals surface area contributed by atoms with Gasteiger partial charge in [-0.05, 0) is 28.6 Å². The van der Waals surface area contributed by atoms with Gasteiger partial charge in [0.25, 0.3) is 5.95 Å². The molecule has 0 fully saturated rings. The molecule has 1 N–H and O–H groups in total. The molecule has 0 unspecified atom stereocenters. The summed E-state index contributed by atoms with van der Waals surface area (Å²) in [6, 6.07) is 13.0. The highest BCUT2D eigenvalue weighted by molar-refractivity contribution is 5.85. The fourth-order valence-corrected chi connectivity index (χ4v) is 2.26. The van der Waals surface area contributed by atoms with E-state index in [2.05, 4.69) is 25.9 Å². The molecule has 1 heterocycles. The third kappa shape index (κ3) is 3.72. The minimum atomic E-state index is 0.381. The lowest BCUT2D eigenvalue weighted by Gasteiger charge is -2.11. The van der Waals surface area contributed by atoms with E-state index in [9.17, 15) is 0 Å². The van der Waals surface area contributed by atoms with Crippen molar-refractivity contribution in [1.29, 1.82) is 0 Å². The quantitative estimate of drug-likeness (QED) is 0.651. The second kappa shape index (κ2) is 7.97. The van der Waals surface area contributed by atoms with E-state index in [-0.39, 0.29) is 0 Å². The second-order valence-corrected chi connectivity index (χ2v) is 5.08. The molecule has 0 saturated carbocycles. The van der Waals surface area contributed by atoms with Crippen LogP contribution in [0.25, 0.3) is 0 Å². The van der Waals surface area contributed by atoms with Crippen LogP contribution in [-0.4, -0.2) is 47.9 Å². The molecule has 0 aliphatic heterocycles. The van der Waals surface area contributed by atoms with Crippen LogP contribution in [0, 0.1) is 0 Å². The van der Waals surface area contributed by atoms with Gasteiger partial charge in [-0.2, -0.15) is 5.10 Å². The summed E-state index contributed by atoms with van der Waals surface area (Å²) in [5.74, 6) is 2.09. The molecule has 134 valence electrons. The van der Waals surface area contributed by atoms with Crippen molar-refractivity contribution in [3.8, 4) is 17.2 Å². The minimum absolute atomic E-state index is 0.381. The van der Waals surface area contributed by atoms with Crippen molar-refractivity contribution in [1.82, 2.24) is 20.3 Å². The standard InChI is InChI=1S/C17H18N6O3/c1-24-14-10-16(26-3)15(25-2)9-12(14)11-18-23-17(20-21-22-23)19-13-7-5-4-6-8-13/h4-11H,1-3H3,(H,19,20,22)/b18-11+. The van der Waals surface area contributed by atoms with Crippen molar-refractivity contribution in [2.75, 3.05) is 26.6 Å². The Hall–Kier alpha value is -3.62. The van der Waals surface area contributed by atoms with Crippen molar-refractivity contribution < 1.29 is 14.2 Å². The molecule has 0 atom stereocenters. The van der Waals surface area contributed by atoms with E-state index in [0.717, 1.165) is 5.69 Å². The Balaban J connectivity index is 1.88. The number of para-hydroxylation sites is 1. The number of methoxy groups -OCH3 is 3. The van der Waals surface area contributed by atoms with Gasteiger partial charge in [0.15, 0.2) is 11.5 Å². The van der Waals surface area contributed by atoms with Gasteiger partial charge < -0.3 is 19.5 Å². The Morgan fingerprint density at radius 3 is 2.35 bits per heavy atom. The zero-order chi connectivity index (χ0) is 18.4. The first-order valence-corrected chi connectivity index (χ1v) is 7.70. The second-order valence-electron chi connectivity index (χ2n) is 5.08. The average molecular weight is 354 g/mol. The molecule has 0 spiro atoms. The van der Waals surface area contributed by atoms with Crippen LogP contribution in [0.1, 0.15) is 5.56 Å². The maximum atomic E-state index is 5.38. The van der Waals surface area contributed by atoms with Crippen LogP contribution in [0.4, 0.5) is 11.6 Å². The Kier molecular flexibility index (Phi) is 5.28. The molecule has 3 aromatic rings. The zero-order valence-corrected chi connectivity index (χ0v) is 14.6. The van der Waals surface area contributed by atoms with Crippen molar-refractivity contribution in [2.24, 2.45) is 5.10 Å². The Bertz CT molecular complexity index is 895.